The summed E-state index contributed by atoms with van der Waals surface area (Å²) in [5.41, 5.74) is 1.11. The predicted molar refractivity (Wildman–Crippen MR) is 85.0 cm³/mol. The number of rotatable bonds is 4. The van der Waals surface area contributed by atoms with Gasteiger partial charge in [0.15, 0.2) is 7.14 Å². The van der Waals surface area contributed by atoms with Crippen LogP contribution < -0.4 is 30.8 Å². The molecule has 0 unspecified atom stereocenters. The van der Waals surface area contributed by atoms with E-state index in [1.807, 2.05) is 0 Å². The maximum atomic E-state index is 5.86. The lowest BCUT2D eigenvalue weighted by Crippen LogP contribution is -3.61. The van der Waals surface area contributed by atoms with E-state index in [-0.39, 0.29) is 26.8 Å². The van der Waals surface area contributed by atoms with Crippen LogP contribution in [0.3, 0.4) is 0 Å². The van der Waals surface area contributed by atoms with E-state index in [0.717, 1.165) is 5.75 Å². The van der Waals surface area contributed by atoms with E-state index >= 15 is 0 Å². The van der Waals surface area contributed by atoms with E-state index in [1.54, 1.807) is 0 Å². The van der Waals surface area contributed by atoms with Crippen molar-refractivity contribution in [2.45, 2.75) is 26.4 Å². The van der Waals surface area contributed by atoms with Gasteiger partial charge in [-0.1, -0.05) is 0 Å². The maximum Gasteiger partial charge on any atom is 0.357 e. The molecule has 0 amide bonds. The van der Waals surface area contributed by atoms with Crippen molar-refractivity contribution in [3.63, 3.8) is 0 Å². The van der Waals surface area contributed by atoms with Gasteiger partial charge in [0.05, 0.1) is 0 Å². The summed E-state index contributed by atoms with van der Waals surface area (Å²) in [7, 11) is 4.13. The fourth-order valence-electron chi connectivity index (χ4n) is 1.85. The molecular weight excluding hydrogens is 373 g/mol. The quantitative estimate of drug-likeness (QED) is 0.717. The van der Waals surface area contributed by atoms with Crippen molar-refractivity contribution in [3.05, 3.63) is 55.7 Å². The topological polar surface area (TPSA) is 12.5 Å². The molecule has 2 aromatic carbocycles. The minimum atomic E-state index is -0.140. The number of ether oxygens (including phenoxy) is 1. The summed E-state index contributed by atoms with van der Waals surface area (Å²) in [6, 6.07) is 17.4. The molecule has 0 aliphatic rings. The van der Waals surface area contributed by atoms with Crippen LogP contribution in [0.2, 0.25) is 0 Å². The van der Waals surface area contributed by atoms with Gasteiger partial charge in [0, 0.05) is 19.8 Å². The van der Waals surface area contributed by atoms with E-state index in [9.17, 15) is 0 Å². The van der Waals surface area contributed by atoms with Crippen LogP contribution in [0.4, 0.5) is 5.69 Å². The van der Waals surface area contributed by atoms with E-state index in [2.05, 4.69) is 88.3 Å². The highest BCUT2D eigenvalue weighted by atomic mass is 127. The maximum absolute atomic E-state index is 5.86. The first kappa shape index (κ1) is 16.1. The third-order valence-electron chi connectivity index (χ3n) is 2.80. The SMILES string of the molecule is CN(C)c1ccc([I+]c2ccc(OC(C)(C)C)cc2)cc1. The highest BCUT2D eigenvalue weighted by molar-refractivity contribution is 5.43. The molecule has 0 heterocycles. The number of benzene rings is 2. The summed E-state index contributed by atoms with van der Waals surface area (Å²) in [4.78, 5) is 2.13. The third-order valence-corrected chi connectivity index (χ3v) is 5.48. The second-order valence-electron chi connectivity index (χ2n) is 6.13. The Labute approximate surface area is 138 Å². The first-order chi connectivity index (χ1) is 9.83. The van der Waals surface area contributed by atoms with Gasteiger partial charge in [-0.2, -0.15) is 0 Å². The smallest absolute Gasteiger partial charge is 0.357 e. The molecule has 2 rings (SSSR count). The summed E-state index contributed by atoms with van der Waals surface area (Å²) in [5.74, 6) is 0.943. The molecule has 0 bridgehead atoms. The Morgan fingerprint density at radius 3 is 1.71 bits per heavy atom. The normalized spacial score (nSPS) is 11.3. The van der Waals surface area contributed by atoms with Crippen LogP contribution >= 0.6 is 0 Å². The number of nitrogens with zero attached hydrogens (tertiary/aromatic N) is 1. The van der Waals surface area contributed by atoms with Crippen LogP contribution in [-0.2, 0) is 0 Å². The lowest BCUT2D eigenvalue weighted by atomic mass is 10.2. The molecule has 0 radical (unpaired) electrons. The van der Waals surface area contributed by atoms with Gasteiger partial charge in [0.25, 0.3) is 0 Å². The molecule has 2 nitrogen and oxygen atoms in total. The van der Waals surface area contributed by atoms with Crippen LogP contribution in [0.1, 0.15) is 20.8 Å². The summed E-state index contributed by atoms with van der Waals surface area (Å²) in [6.07, 6.45) is 0. The molecule has 3 heteroatoms. The van der Waals surface area contributed by atoms with Crippen molar-refractivity contribution in [1.82, 2.24) is 0 Å². The van der Waals surface area contributed by atoms with Crippen LogP contribution in [0.15, 0.2) is 48.5 Å². The zero-order chi connectivity index (χ0) is 15.5. The lowest BCUT2D eigenvalue weighted by Gasteiger charge is -2.20. The van der Waals surface area contributed by atoms with Crippen LogP contribution in [0.5, 0.6) is 5.75 Å². The van der Waals surface area contributed by atoms with Gasteiger partial charge in [0.1, 0.15) is 11.4 Å². The number of anilines is 1. The Hall–Kier alpha value is -1.23. The molecule has 112 valence electrons. The molecule has 0 aromatic heterocycles. The van der Waals surface area contributed by atoms with Gasteiger partial charge in [-0.05, 0) is 69.3 Å². The second-order valence-corrected chi connectivity index (χ2v) is 9.16. The summed E-state index contributed by atoms with van der Waals surface area (Å²) >= 11 is -0.125. The number of halogens is 1. The molecule has 21 heavy (non-hydrogen) atoms. The van der Waals surface area contributed by atoms with E-state index < -0.39 is 0 Å². The summed E-state index contributed by atoms with van der Waals surface area (Å²) < 4.78 is 8.70. The summed E-state index contributed by atoms with van der Waals surface area (Å²) in [5, 5.41) is 0. The van der Waals surface area contributed by atoms with Crippen LogP contribution in [-0.4, -0.2) is 19.7 Å². The Kier molecular flexibility index (Phi) is 5.14. The first-order valence-corrected chi connectivity index (χ1v) is 9.20. The molecule has 0 aliphatic heterocycles. The molecule has 0 N–H and O–H groups in total. The Bertz CT molecular complexity index is 568. The number of hydrogen-bond acceptors (Lipinski definition) is 2. The molecule has 0 aliphatic carbocycles. The average molecular weight is 396 g/mol. The van der Waals surface area contributed by atoms with Crippen molar-refractivity contribution >= 4 is 5.69 Å². The van der Waals surface area contributed by atoms with Gasteiger partial charge in [-0.25, -0.2) is 0 Å². The third kappa shape index (κ3) is 5.23. The van der Waals surface area contributed by atoms with Crippen molar-refractivity contribution in [2.75, 3.05) is 19.0 Å². The molecule has 0 fully saturated rings. The van der Waals surface area contributed by atoms with Gasteiger partial charge in [0.2, 0.25) is 0 Å². The second kappa shape index (κ2) is 6.69. The Morgan fingerprint density at radius 1 is 0.810 bits per heavy atom. The van der Waals surface area contributed by atoms with Crippen LogP contribution in [0, 0.1) is 7.14 Å². The van der Waals surface area contributed by atoms with E-state index in [1.165, 1.54) is 12.8 Å². The summed E-state index contributed by atoms with van der Waals surface area (Å²) in [6.45, 7) is 6.21. The predicted octanol–water partition coefficient (Wildman–Crippen LogP) is 1.06. The highest BCUT2D eigenvalue weighted by Crippen LogP contribution is 2.16. The monoisotopic (exact) mass is 396 g/mol. The zero-order valence-corrected chi connectivity index (χ0v) is 15.5. The van der Waals surface area contributed by atoms with Crippen molar-refractivity contribution in [2.24, 2.45) is 0 Å². The fraction of sp³-hybridized carbons (Fsp3) is 0.333. The van der Waals surface area contributed by atoms with Gasteiger partial charge in [-0.15, -0.1) is 0 Å². The molecule has 0 saturated heterocycles. The van der Waals surface area contributed by atoms with Gasteiger partial charge >= 0.3 is 21.2 Å². The molecular formula is C18H23INO+. The van der Waals surface area contributed by atoms with Crippen molar-refractivity contribution in [1.29, 1.82) is 0 Å². The highest BCUT2D eigenvalue weighted by Gasteiger charge is 2.17. The molecule has 2 aromatic rings. The molecule has 0 saturated carbocycles. The zero-order valence-electron chi connectivity index (χ0n) is 13.4. The van der Waals surface area contributed by atoms with Crippen LogP contribution in [0.25, 0.3) is 0 Å². The number of hydrogen-bond donors (Lipinski definition) is 0. The average Bonchev–Trinajstić information content (AvgIpc) is 2.40. The minimum Gasteiger partial charge on any atom is -0.488 e. The van der Waals surface area contributed by atoms with Crippen molar-refractivity contribution in [3.8, 4) is 5.75 Å². The standard InChI is InChI=1S/C18H23INO/c1-18(2,3)21-17-12-8-15(9-13-17)19-14-6-10-16(11-7-14)20(4)5/h6-13H,1-5H3/q+1. The van der Waals surface area contributed by atoms with Gasteiger partial charge < -0.3 is 9.64 Å². The Morgan fingerprint density at radius 2 is 1.29 bits per heavy atom. The first-order valence-electron chi connectivity index (χ1n) is 7.05. The largest absolute Gasteiger partial charge is 0.488 e. The van der Waals surface area contributed by atoms with Crippen molar-refractivity contribution < 1.29 is 25.9 Å². The van der Waals surface area contributed by atoms with Gasteiger partial charge in [-0.3, -0.25) is 0 Å². The minimum absolute atomic E-state index is 0.125. The molecule has 0 atom stereocenters. The lowest BCUT2D eigenvalue weighted by molar-refractivity contribution is -0.597. The Balaban J connectivity index is 2.03. The van der Waals surface area contributed by atoms with E-state index in [0.29, 0.717) is 0 Å². The molecule has 0 spiro atoms. The van der Waals surface area contributed by atoms with E-state index in [4.69, 9.17) is 4.74 Å². The fourth-order valence-corrected chi connectivity index (χ4v) is 4.00.